The molecule has 0 aliphatic rings. The van der Waals surface area contributed by atoms with E-state index in [1.165, 1.54) is 23.8 Å². The molecule has 1 aromatic carbocycles. The molecule has 1 N–H and O–H groups in total. The summed E-state index contributed by atoms with van der Waals surface area (Å²) in [4.78, 5) is 25.3. The number of carbonyl (C=O) groups excluding carboxylic acids is 2. The molecule has 3 aromatic rings. The number of carbonyl (C=O) groups is 2. The zero-order valence-electron chi connectivity index (χ0n) is 15.0. The summed E-state index contributed by atoms with van der Waals surface area (Å²) in [5.41, 5.74) is 2.66. The second-order valence-electron chi connectivity index (χ2n) is 5.83. The van der Waals surface area contributed by atoms with Gasteiger partial charge in [0.25, 0.3) is 5.91 Å². The Balaban J connectivity index is 1.51. The smallest absolute Gasteiger partial charge is 0.330 e. The van der Waals surface area contributed by atoms with Crippen LogP contribution in [0.25, 0.3) is 11.4 Å². The Morgan fingerprint density at radius 2 is 2.04 bits per heavy atom. The maximum absolute atomic E-state index is 12.2. The van der Waals surface area contributed by atoms with Gasteiger partial charge in [-0.2, -0.15) is 16.1 Å². The van der Waals surface area contributed by atoms with Crippen LogP contribution in [0.4, 0.5) is 5.69 Å². The molecule has 0 unspecified atom stereocenters. The molecule has 9 heteroatoms. The molecule has 0 saturated heterocycles. The van der Waals surface area contributed by atoms with Crippen LogP contribution < -0.4 is 5.32 Å². The summed E-state index contributed by atoms with van der Waals surface area (Å²) < 4.78 is 5.16. The van der Waals surface area contributed by atoms with Crippen molar-refractivity contribution in [2.75, 3.05) is 5.32 Å². The van der Waals surface area contributed by atoms with Crippen molar-refractivity contribution in [3.05, 3.63) is 46.7 Å². The lowest BCUT2D eigenvalue weighted by Gasteiger charge is -2.13. The lowest BCUT2D eigenvalue weighted by Crippen LogP contribution is -2.31. The first kappa shape index (κ1) is 18.7. The van der Waals surface area contributed by atoms with Gasteiger partial charge in [0.1, 0.15) is 0 Å². The molecular weight excluding hydrogens is 366 g/mol. The molecule has 1 atom stereocenters. The van der Waals surface area contributed by atoms with Crippen LogP contribution in [0.15, 0.2) is 41.1 Å². The van der Waals surface area contributed by atoms with Crippen LogP contribution in [0.3, 0.4) is 0 Å². The molecule has 0 aliphatic heterocycles. The largest absolute Gasteiger partial charge is 0.451 e. The molecule has 0 aliphatic carbocycles. The van der Waals surface area contributed by atoms with Crippen molar-refractivity contribution >= 4 is 28.9 Å². The number of aryl methyl sites for hydroxylation is 1. The van der Waals surface area contributed by atoms with E-state index < -0.39 is 18.0 Å². The number of benzene rings is 1. The van der Waals surface area contributed by atoms with Gasteiger partial charge in [0, 0.05) is 16.6 Å². The highest BCUT2D eigenvalue weighted by Gasteiger charge is 2.19. The first-order chi connectivity index (χ1) is 13.0. The van der Waals surface area contributed by atoms with Crippen molar-refractivity contribution in [2.24, 2.45) is 0 Å². The van der Waals surface area contributed by atoms with Gasteiger partial charge in [-0.15, -0.1) is 10.2 Å². The molecule has 3 rings (SSSR count). The van der Waals surface area contributed by atoms with Crippen LogP contribution >= 0.6 is 11.3 Å². The average molecular weight is 385 g/mol. The maximum atomic E-state index is 12.2. The second kappa shape index (κ2) is 8.54. The summed E-state index contributed by atoms with van der Waals surface area (Å²) in [6.07, 6.45) is -0.0182. The summed E-state index contributed by atoms with van der Waals surface area (Å²) >= 11 is 1.52. The van der Waals surface area contributed by atoms with E-state index in [9.17, 15) is 9.59 Å². The number of hydrogen-bond donors (Lipinski definition) is 1. The van der Waals surface area contributed by atoms with Crippen molar-refractivity contribution in [3.8, 4) is 11.4 Å². The number of tetrazole rings is 1. The summed E-state index contributed by atoms with van der Waals surface area (Å²) in [7, 11) is 0. The maximum Gasteiger partial charge on any atom is 0.330 e. The van der Waals surface area contributed by atoms with Crippen molar-refractivity contribution in [1.29, 1.82) is 0 Å². The number of aromatic nitrogens is 4. The van der Waals surface area contributed by atoms with Gasteiger partial charge < -0.3 is 10.1 Å². The van der Waals surface area contributed by atoms with Gasteiger partial charge >= 0.3 is 5.97 Å². The Morgan fingerprint density at radius 3 is 2.70 bits per heavy atom. The van der Waals surface area contributed by atoms with E-state index in [0.717, 1.165) is 16.8 Å². The fraction of sp³-hybridized carbons (Fsp3) is 0.278. The molecule has 2 aromatic heterocycles. The third-order valence-electron chi connectivity index (χ3n) is 3.81. The minimum Gasteiger partial charge on any atom is -0.451 e. The minimum atomic E-state index is -0.941. The van der Waals surface area contributed by atoms with Crippen LogP contribution in [0.5, 0.6) is 0 Å². The normalized spacial score (nSPS) is 11.8. The summed E-state index contributed by atoms with van der Waals surface area (Å²) in [6.45, 7) is 3.35. The lowest BCUT2D eigenvalue weighted by molar-refractivity contribution is -0.154. The number of hydrogen-bond acceptors (Lipinski definition) is 7. The minimum absolute atomic E-state index is 0.222. The molecule has 0 radical (unpaired) electrons. The van der Waals surface area contributed by atoms with Gasteiger partial charge in [0.05, 0.1) is 0 Å². The number of ether oxygens (including phenoxy) is 1. The first-order valence-corrected chi connectivity index (χ1v) is 9.39. The van der Waals surface area contributed by atoms with Crippen molar-refractivity contribution in [1.82, 2.24) is 20.2 Å². The van der Waals surface area contributed by atoms with Gasteiger partial charge in [-0.05, 0) is 47.7 Å². The molecule has 0 bridgehead atoms. The van der Waals surface area contributed by atoms with E-state index >= 15 is 0 Å². The molecule has 2 heterocycles. The fourth-order valence-corrected chi connectivity index (χ4v) is 2.92. The van der Waals surface area contributed by atoms with Crippen LogP contribution in [0.2, 0.25) is 0 Å². The van der Waals surface area contributed by atoms with Gasteiger partial charge in [0.15, 0.2) is 12.6 Å². The average Bonchev–Trinajstić information content (AvgIpc) is 3.33. The number of nitrogens with zero attached hydrogens (tertiary/aromatic N) is 4. The van der Waals surface area contributed by atoms with Crippen molar-refractivity contribution in [2.45, 2.75) is 32.9 Å². The Labute approximate surface area is 160 Å². The molecule has 1 amide bonds. The number of amides is 1. The third kappa shape index (κ3) is 4.98. The van der Waals surface area contributed by atoms with Gasteiger partial charge in [-0.1, -0.05) is 19.1 Å². The molecule has 27 heavy (non-hydrogen) atoms. The number of anilines is 1. The summed E-state index contributed by atoms with van der Waals surface area (Å²) in [5.74, 6) is -0.586. The van der Waals surface area contributed by atoms with E-state index in [1.807, 2.05) is 41.1 Å². The number of esters is 1. The number of rotatable bonds is 7. The SMILES string of the molecule is CCc1ccc(NC(=O)[C@H](C)OC(=O)Cn2nnc(-c3ccsc3)n2)cc1. The van der Waals surface area contributed by atoms with Crippen LogP contribution in [0, 0.1) is 0 Å². The van der Waals surface area contributed by atoms with E-state index in [1.54, 1.807) is 0 Å². The van der Waals surface area contributed by atoms with E-state index in [-0.39, 0.29) is 6.54 Å². The standard InChI is InChI=1S/C18H19N5O3S/c1-3-13-4-6-15(7-5-13)19-18(25)12(2)26-16(24)10-23-21-17(20-22-23)14-8-9-27-11-14/h4-9,11-12H,3,10H2,1-2H3,(H,19,25)/t12-/m0/s1. The predicted molar refractivity (Wildman–Crippen MR) is 101 cm³/mol. The number of thiophene rings is 1. The van der Waals surface area contributed by atoms with Gasteiger partial charge in [0.2, 0.25) is 5.82 Å². The molecule has 8 nitrogen and oxygen atoms in total. The zero-order chi connectivity index (χ0) is 19.2. The molecule has 0 fully saturated rings. The highest BCUT2D eigenvalue weighted by atomic mass is 32.1. The molecule has 0 spiro atoms. The van der Waals surface area contributed by atoms with Crippen LogP contribution in [-0.2, 0) is 27.3 Å². The Kier molecular flexibility index (Phi) is 5.92. The monoisotopic (exact) mass is 385 g/mol. The zero-order valence-corrected chi connectivity index (χ0v) is 15.8. The Morgan fingerprint density at radius 1 is 1.26 bits per heavy atom. The third-order valence-corrected chi connectivity index (χ3v) is 4.49. The van der Waals surface area contributed by atoms with E-state index in [2.05, 4.69) is 27.7 Å². The fourth-order valence-electron chi connectivity index (χ4n) is 2.29. The number of nitrogens with one attached hydrogen (secondary N) is 1. The summed E-state index contributed by atoms with van der Waals surface area (Å²) in [5, 5.41) is 18.4. The highest BCUT2D eigenvalue weighted by Crippen LogP contribution is 2.16. The molecule has 0 saturated carbocycles. The van der Waals surface area contributed by atoms with Crippen molar-refractivity contribution in [3.63, 3.8) is 0 Å². The second-order valence-corrected chi connectivity index (χ2v) is 6.61. The van der Waals surface area contributed by atoms with Crippen LogP contribution in [0.1, 0.15) is 19.4 Å². The summed E-state index contributed by atoms with van der Waals surface area (Å²) in [6, 6.07) is 9.37. The predicted octanol–water partition coefficient (Wildman–Crippen LogP) is 2.53. The molecular formula is C18H19N5O3S. The molecule has 140 valence electrons. The van der Waals surface area contributed by atoms with Gasteiger partial charge in [-0.3, -0.25) is 4.79 Å². The van der Waals surface area contributed by atoms with E-state index in [4.69, 9.17) is 4.74 Å². The van der Waals surface area contributed by atoms with E-state index in [0.29, 0.717) is 11.5 Å². The Bertz CT molecular complexity index is 905. The van der Waals surface area contributed by atoms with Crippen molar-refractivity contribution < 1.29 is 14.3 Å². The van der Waals surface area contributed by atoms with Crippen LogP contribution in [-0.4, -0.2) is 38.2 Å². The topological polar surface area (TPSA) is 99.0 Å². The Hall–Kier alpha value is -3.07. The lowest BCUT2D eigenvalue weighted by atomic mass is 10.1. The van der Waals surface area contributed by atoms with Gasteiger partial charge in [-0.25, -0.2) is 4.79 Å². The highest BCUT2D eigenvalue weighted by molar-refractivity contribution is 7.08. The quantitative estimate of drug-likeness (QED) is 0.628. The first-order valence-electron chi connectivity index (χ1n) is 8.45.